The van der Waals surface area contributed by atoms with Gasteiger partial charge in [-0.15, -0.1) is 11.3 Å². The summed E-state index contributed by atoms with van der Waals surface area (Å²) in [6.07, 6.45) is 3.01. The van der Waals surface area contributed by atoms with Crippen molar-refractivity contribution in [3.63, 3.8) is 0 Å². The third-order valence-electron chi connectivity index (χ3n) is 4.23. The van der Waals surface area contributed by atoms with E-state index in [1.165, 1.54) is 13.0 Å². The minimum atomic E-state index is -0.569. The van der Waals surface area contributed by atoms with Crippen LogP contribution >= 0.6 is 11.3 Å². The molecule has 0 saturated carbocycles. The van der Waals surface area contributed by atoms with Crippen molar-refractivity contribution in [3.05, 3.63) is 88.8 Å². The second kappa shape index (κ2) is 10.3. The normalized spacial score (nSPS) is 10.7. The van der Waals surface area contributed by atoms with Crippen LogP contribution in [-0.2, 0) is 20.9 Å². The molecule has 0 spiro atoms. The molecule has 0 aliphatic carbocycles. The first-order valence-electron chi connectivity index (χ1n) is 9.38. The molecule has 0 atom stereocenters. The summed E-state index contributed by atoms with van der Waals surface area (Å²) in [5.41, 5.74) is 2.45. The fraction of sp³-hybridized carbons (Fsp3) is 0.125. The Morgan fingerprint density at radius 2 is 1.70 bits per heavy atom. The van der Waals surface area contributed by atoms with Gasteiger partial charge in [0, 0.05) is 34.9 Å². The van der Waals surface area contributed by atoms with E-state index in [-0.39, 0.29) is 18.3 Å². The third-order valence-corrected chi connectivity index (χ3v) is 5.33. The topological polar surface area (TPSA) is 72.5 Å². The quantitative estimate of drug-likeness (QED) is 0.332. The number of benzene rings is 2. The number of ketones is 1. The van der Waals surface area contributed by atoms with Crippen LogP contribution in [0, 0.1) is 0 Å². The highest BCUT2D eigenvalue weighted by Crippen LogP contribution is 2.28. The van der Waals surface area contributed by atoms with Gasteiger partial charge in [-0.2, -0.15) is 0 Å². The van der Waals surface area contributed by atoms with Gasteiger partial charge in [0.25, 0.3) is 0 Å². The molecule has 1 N–H and O–H groups in total. The number of nitrogens with one attached hydrogen (secondary N) is 1. The smallest absolute Gasteiger partial charge is 0.331 e. The van der Waals surface area contributed by atoms with Gasteiger partial charge in [0.2, 0.25) is 5.91 Å². The summed E-state index contributed by atoms with van der Waals surface area (Å²) in [5.74, 6) is -0.973. The van der Waals surface area contributed by atoms with Gasteiger partial charge in [0.1, 0.15) is 0 Å². The molecule has 1 amide bonds. The van der Waals surface area contributed by atoms with Crippen LogP contribution in [0.2, 0.25) is 0 Å². The summed E-state index contributed by atoms with van der Waals surface area (Å²) < 4.78 is 5.05. The highest BCUT2D eigenvalue weighted by molar-refractivity contribution is 7.16. The van der Waals surface area contributed by atoms with Gasteiger partial charge in [-0.25, -0.2) is 4.79 Å². The molecule has 30 heavy (non-hydrogen) atoms. The molecular weight excluding hydrogens is 398 g/mol. The number of hydrogen-bond donors (Lipinski definition) is 1. The van der Waals surface area contributed by atoms with E-state index in [4.69, 9.17) is 4.74 Å². The Hall–Kier alpha value is -3.51. The van der Waals surface area contributed by atoms with Crippen molar-refractivity contribution in [1.29, 1.82) is 0 Å². The van der Waals surface area contributed by atoms with E-state index in [1.807, 2.05) is 42.5 Å². The van der Waals surface area contributed by atoms with E-state index < -0.39 is 5.97 Å². The molecule has 0 unspecified atom stereocenters. The number of rotatable bonds is 8. The summed E-state index contributed by atoms with van der Waals surface area (Å²) in [6.45, 7) is 1.52. The van der Waals surface area contributed by atoms with E-state index in [1.54, 1.807) is 41.7 Å². The van der Waals surface area contributed by atoms with Crippen molar-refractivity contribution >= 4 is 35.1 Å². The van der Waals surface area contributed by atoms with Crippen LogP contribution < -0.4 is 5.32 Å². The zero-order valence-electron chi connectivity index (χ0n) is 16.5. The summed E-state index contributed by atoms with van der Waals surface area (Å²) >= 11 is 1.57. The summed E-state index contributed by atoms with van der Waals surface area (Å²) in [7, 11) is 0. The first-order chi connectivity index (χ1) is 14.5. The molecule has 2 aromatic carbocycles. The van der Waals surface area contributed by atoms with Crippen LogP contribution in [0.4, 0.5) is 0 Å². The molecule has 0 radical (unpaired) electrons. The monoisotopic (exact) mass is 419 g/mol. The lowest BCUT2D eigenvalue weighted by Gasteiger charge is -2.05. The molecule has 1 aromatic heterocycles. The van der Waals surface area contributed by atoms with E-state index in [0.29, 0.717) is 12.1 Å². The Labute approximate surface area is 179 Å². The predicted octanol–water partition coefficient (Wildman–Crippen LogP) is 4.49. The summed E-state index contributed by atoms with van der Waals surface area (Å²) in [6, 6.07) is 20.8. The van der Waals surface area contributed by atoms with Crippen LogP contribution in [0.15, 0.2) is 72.8 Å². The van der Waals surface area contributed by atoms with E-state index >= 15 is 0 Å². The zero-order valence-corrected chi connectivity index (χ0v) is 17.3. The van der Waals surface area contributed by atoms with Gasteiger partial charge in [-0.05, 0) is 29.3 Å². The molecule has 0 aliphatic rings. The number of Topliss-reactive ketones (excluding diaryl/α,β-unsaturated/α-hetero) is 1. The van der Waals surface area contributed by atoms with Crippen molar-refractivity contribution in [3.8, 4) is 10.4 Å². The van der Waals surface area contributed by atoms with Crippen molar-refractivity contribution in [1.82, 2.24) is 5.32 Å². The Balaban J connectivity index is 1.49. The first kappa shape index (κ1) is 21.2. The standard InChI is InChI=1S/C24H21NO4S/c1-17(26)25-15-18-7-9-19(10-8-18)22(27)16-29-24(28)14-12-21-11-13-23(30-21)20-5-3-2-4-6-20/h2-14H,15-16H2,1H3,(H,25,26)/b14-12+. The van der Waals surface area contributed by atoms with E-state index in [9.17, 15) is 14.4 Å². The summed E-state index contributed by atoms with van der Waals surface area (Å²) in [5, 5.41) is 2.69. The lowest BCUT2D eigenvalue weighted by atomic mass is 10.1. The Kier molecular flexibility index (Phi) is 7.29. The molecular formula is C24H21NO4S. The molecule has 3 aromatic rings. The number of hydrogen-bond acceptors (Lipinski definition) is 5. The molecule has 152 valence electrons. The predicted molar refractivity (Wildman–Crippen MR) is 118 cm³/mol. The van der Waals surface area contributed by atoms with Crippen molar-refractivity contribution in [2.45, 2.75) is 13.5 Å². The second-order valence-corrected chi connectivity index (χ2v) is 7.65. The number of thiophene rings is 1. The highest BCUT2D eigenvalue weighted by Gasteiger charge is 2.09. The van der Waals surface area contributed by atoms with E-state index in [2.05, 4.69) is 5.32 Å². The Morgan fingerprint density at radius 3 is 2.40 bits per heavy atom. The van der Waals surface area contributed by atoms with Crippen molar-refractivity contribution < 1.29 is 19.1 Å². The maximum Gasteiger partial charge on any atom is 0.331 e. The fourth-order valence-corrected chi connectivity index (χ4v) is 3.57. The molecule has 3 rings (SSSR count). The minimum absolute atomic E-state index is 0.117. The largest absolute Gasteiger partial charge is 0.454 e. The lowest BCUT2D eigenvalue weighted by Crippen LogP contribution is -2.19. The molecule has 1 heterocycles. The number of carbonyl (C=O) groups excluding carboxylic acids is 3. The second-order valence-electron chi connectivity index (χ2n) is 6.54. The maximum atomic E-state index is 12.2. The van der Waals surface area contributed by atoms with Crippen LogP contribution in [0.1, 0.15) is 27.7 Å². The van der Waals surface area contributed by atoms with Gasteiger partial charge >= 0.3 is 5.97 Å². The van der Waals surface area contributed by atoms with E-state index in [0.717, 1.165) is 20.9 Å². The molecule has 0 aliphatic heterocycles. The Morgan fingerprint density at radius 1 is 0.967 bits per heavy atom. The minimum Gasteiger partial charge on any atom is -0.454 e. The van der Waals surface area contributed by atoms with Gasteiger partial charge in [0.05, 0.1) is 0 Å². The van der Waals surface area contributed by atoms with Crippen molar-refractivity contribution in [2.24, 2.45) is 0 Å². The maximum absolute atomic E-state index is 12.2. The van der Waals surface area contributed by atoms with Gasteiger partial charge in [-0.1, -0.05) is 54.6 Å². The van der Waals surface area contributed by atoms with Crippen LogP contribution in [0.3, 0.4) is 0 Å². The van der Waals surface area contributed by atoms with Crippen LogP contribution in [0.5, 0.6) is 0 Å². The fourth-order valence-electron chi connectivity index (χ4n) is 2.65. The molecule has 5 nitrogen and oxygen atoms in total. The molecule has 6 heteroatoms. The van der Waals surface area contributed by atoms with Gasteiger partial charge in [0.15, 0.2) is 12.4 Å². The number of ether oxygens (including phenoxy) is 1. The average molecular weight is 420 g/mol. The SMILES string of the molecule is CC(=O)NCc1ccc(C(=O)COC(=O)/C=C/c2ccc(-c3ccccc3)s2)cc1. The zero-order chi connectivity index (χ0) is 21.3. The number of esters is 1. The first-order valence-corrected chi connectivity index (χ1v) is 10.2. The van der Waals surface area contributed by atoms with Gasteiger partial charge in [-0.3, -0.25) is 9.59 Å². The molecule has 0 fully saturated rings. The van der Waals surface area contributed by atoms with Crippen LogP contribution in [0.25, 0.3) is 16.5 Å². The van der Waals surface area contributed by atoms with Gasteiger partial charge < -0.3 is 10.1 Å². The van der Waals surface area contributed by atoms with Crippen LogP contribution in [-0.4, -0.2) is 24.3 Å². The summed E-state index contributed by atoms with van der Waals surface area (Å²) in [4.78, 5) is 37.1. The highest BCUT2D eigenvalue weighted by atomic mass is 32.1. The number of carbonyl (C=O) groups is 3. The third kappa shape index (κ3) is 6.25. The molecule has 0 bridgehead atoms. The Bertz CT molecular complexity index is 1050. The lowest BCUT2D eigenvalue weighted by molar-refractivity contribution is -0.136. The van der Waals surface area contributed by atoms with Crippen molar-refractivity contribution in [2.75, 3.05) is 6.61 Å². The average Bonchev–Trinajstić information content (AvgIpc) is 3.24. The molecule has 0 saturated heterocycles. The number of amides is 1.